The second-order valence-electron chi connectivity index (χ2n) is 5.97. The Morgan fingerprint density at radius 3 is 3.04 bits per heavy atom. The number of hydrogen-bond acceptors (Lipinski definition) is 6. The molecule has 0 spiro atoms. The van der Waals surface area contributed by atoms with Crippen molar-refractivity contribution in [1.82, 2.24) is 15.3 Å². The summed E-state index contributed by atoms with van der Waals surface area (Å²) >= 11 is 0. The number of nitrogens with one attached hydrogen (secondary N) is 1. The van der Waals surface area contributed by atoms with Crippen molar-refractivity contribution in [2.75, 3.05) is 25.1 Å². The van der Waals surface area contributed by atoms with Crippen LogP contribution in [0.15, 0.2) is 35.3 Å². The minimum absolute atomic E-state index is 0.0449. The van der Waals surface area contributed by atoms with Crippen LogP contribution in [0.3, 0.4) is 0 Å². The second kappa shape index (κ2) is 7.44. The minimum atomic E-state index is -0.0449. The summed E-state index contributed by atoms with van der Waals surface area (Å²) in [6.45, 7) is 3.23. The van der Waals surface area contributed by atoms with Crippen LogP contribution in [0.25, 0.3) is 0 Å². The quantitative estimate of drug-likeness (QED) is 0.861. The van der Waals surface area contributed by atoms with Gasteiger partial charge in [0.1, 0.15) is 17.9 Å². The van der Waals surface area contributed by atoms with Gasteiger partial charge in [0.2, 0.25) is 5.91 Å². The summed E-state index contributed by atoms with van der Waals surface area (Å²) < 4.78 is 10.8. The van der Waals surface area contributed by atoms with Gasteiger partial charge in [-0.15, -0.1) is 0 Å². The zero-order valence-electron chi connectivity index (χ0n) is 13.9. The van der Waals surface area contributed by atoms with Crippen LogP contribution in [0, 0.1) is 6.92 Å². The fourth-order valence-corrected chi connectivity index (χ4v) is 3.00. The van der Waals surface area contributed by atoms with Crippen LogP contribution in [0.2, 0.25) is 0 Å². The Hall–Kier alpha value is -2.41. The summed E-state index contributed by atoms with van der Waals surface area (Å²) in [5, 5.41) is 2.99. The Balaban J connectivity index is 1.60. The lowest BCUT2D eigenvalue weighted by atomic mass is 10.2. The van der Waals surface area contributed by atoms with Crippen LogP contribution in [0.5, 0.6) is 0 Å². The lowest BCUT2D eigenvalue weighted by Crippen LogP contribution is -2.41. The largest absolute Gasteiger partial charge is 0.469 e. The van der Waals surface area contributed by atoms with Crippen LogP contribution < -0.4 is 10.2 Å². The summed E-state index contributed by atoms with van der Waals surface area (Å²) in [5.74, 6) is 1.52. The number of carbonyl (C=O) groups excluding carboxylic acids is 1. The van der Waals surface area contributed by atoms with E-state index in [1.807, 2.05) is 19.1 Å². The molecule has 0 radical (unpaired) electrons. The second-order valence-corrected chi connectivity index (χ2v) is 5.97. The highest BCUT2D eigenvalue weighted by Gasteiger charge is 2.33. The number of furan rings is 1. The molecule has 1 amide bonds. The topological polar surface area (TPSA) is 80.5 Å². The van der Waals surface area contributed by atoms with E-state index in [1.165, 1.54) is 6.33 Å². The van der Waals surface area contributed by atoms with Gasteiger partial charge in [0.25, 0.3) is 0 Å². The van der Waals surface area contributed by atoms with E-state index in [1.54, 1.807) is 19.6 Å². The maximum absolute atomic E-state index is 12.2. The van der Waals surface area contributed by atoms with E-state index >= 15 is 0 Å². The van der Waals surface area contributed by atoms with E-state index in [-0.39, 0.29) is 24.5 Å². The molecule has 7 nitrogen and oxygen atoms in total. The van der Waals surface area contributed by atoms with Crippen molar-refractivity contribution in [3.63, 3.8) is 0 Å². The Labute approximate surface area is 141 Å². The standard InChI is InChI=1S/C17H22N4O3/c1-12-4-6-24-15(12)8-17(22)19-9-13-7-14(23-2)10-21(13)16-3-5-18-11-20-16/h3-6,11,13-14H,7-10H2,1-2H3,(H,19,22)/t13-,14-/m1/s1. The Morgan fingerprint density at radius 2 is 2.38 bits per heavy atom. The smallest absolute Gasteiger partial charge is 0.227 e. The zero-order chi connectivity index (χ0) is 16.9. The normalized spacial score (nSPS) is 20.3. The molecule has 1 aliphatic rings. The first-order chi connectivity index (χ1) is 11.7. The fourth-order valence-electron chi connectivity index (χ4n) is 3.00. The first kappa shape index (κ1) is 16.4. The van der Waals surface area contributed by atoms with Gasteiger partial charge in [-0.1, -0.05) is 0 Å². The van der Waals surface area contributed by atoms with E-state index in [4.69, 9.17) is 9.15 Å². The van der Waals surface area contributed by atoms with Gasteiger partial charge in [-0.3, -0.25) is 4.79 Å². The Morgan fingerprint density at radius 1 is 1.50 bits per heavy atom. The molecule has 3 rings (SSSR count). The van der Waals surface area contributed by atoms with Crippen LogP contribution in [-0.4, -0.2) is 48.2 Å². The molecule has 1 fully saturated rings. The van der Waals surface area contributed by atoms with Gasteiger partial charge in [0.05, 0.1) is 24.8 Å². The number of ether oxygens (including phenoxy) is 1. The molecule has 3 heterocycles. The van der Waals surface area contributed by atoms with Gasteiger partial charge < -0.3 is 19.4 Å². The molecule has 2 aromatic heterocycles. The monoisotopic (exact) mass is 330 g/mol. The highest BCUT2D eigenvalue weighted by molar-refractivity contribution is 5.78. The van der Waals surface area contributed by atoms with Gasteiger partial charge in [-0.05, 0) is 31.0 Å². The number of rotatable bonds is 6. The summed E-state index contributed by atoms with van der Waals surface area (Å²) in [7, 11) is 1.71. The van der Waals surface area contributed by atoms with Crippen LogP contribution >= 0.6 is 0 Å². The number of aryl methyl sites for hydroxylation is 1. The molecule has 1 saturated heterocycles. The van der Waals surface area contributed by atoms with Crippen molar-refractivity contribution >= 4 is 11.7 Å². The molecule has 7 heteroatoms. The number of amides is 1. The minimum Gasteiger partial charge on any atom is -0.469 e. The third-order valence-electron chi connectivity index (χ3n) is 4.39. The van der Waals surface area contributed by atoms with E-state index in [2.05, 4.69) is 20.2 Å². The molecule has 128 valence electrons. The molecule has 1 aliphatic heterocycles. The molecule has 0 unspecified atom stereocenters. The van der Waals surface area contributed by atoms with Gasteiger partial charge >= 0.3 is 0 Å². The van der Waals surface area contributed by atoms with Crippen molar-refractivity contribution in [2.24, 2.45) is 0 Å². The fraction of sp³-hybridized carbons (Fsp3) is 0.471. The molecule has 0 saturated carbocycles. The number of hydrogen-bond donors (Lipinski definition) is 1. The Bertz CT molecular complexity index is 673. The average Bonchev–Trinajstić information content (AvgIpc) is 3.20. The van der Waals surface area contributed by atoms with Crippen molar-refractivity contribution in [3.05, 3.63) is 42.2 Å². The Kier molecular flexibility index (Phi) is 5.10. The molecule has 1 N–H and O–H groups in total. The van der Waals surface area contributed by atoms with Crippen LogP contribution in [0.1, 0.15) is 17.7 Å². The maximum Gasteiger partial charge on any atom is 0.227 e. The zero-order valence-corrected chi connectivity index (χ0v) is 13.9. The van der Waals surface area contributed by atoms with Gasteiger partial charge in [0.15, 0.2) is 0 Å². The molecular weight excluding hydrogens is 308 g/mol. The predicted molar refractivity (Wildman–Crippen MR) is 88.7 cm³/mol. The number of anilines is 1. The summed E-state index contributed by atoms with van der Waals surface area (Å²) in [4.78, 5) is 22.6. The summed E-state index contributed by atoms with van der Waals surface area (Å²) in [6.07, 6.45) is 6.10. The van der Waals surface area contributed by atoms with Crippen LogP contribution in [0.4, 0.5) is 5.82 Å². The third kappa shape index (κ3) is 3.73. The first-order valence-electron chi connectivity index (χ1n) is 8.02. The average molecular weight is 330 g/mol. The maximum atomic E-state index is 12.2. The highest BCUT2D eigenvalue weighted by Crippen LogP contribution is 2.24. The lowest BCUT2D eigenvalue weighted by molar-refractivity contribution is -0.120. The van der Waals surface area contributed by atoms with Gasteiger partial charge in [-0.2, -0.15) is 0 Å². The lowest BCUT2D eigenvalue weighted by Gasteiger charge is -2.25. The SMILES string of the molecule is CO[C@@H]1C[C@H](CNC(=O)Cc2occc2C)N(c2ccncn2)C1. The molecule has 24 heavy (non-hydrogen) atoms. The molecule has 0 aromatic carbocycles. The number of aromatic nitrogens is 2. The molecule has 0 aliphatic carbocycles. The van der Waals surface area contributed by atoms with Gasteiger partial charge in [-0.25, -0.2) is 9.97 Å². The van der Waals surface area contributed by atoms with Crippen molar-refractivity contribution < 1.29 is 13.9 Å². The molecule has 2 atom stereocenters. The van der Waals surface area contributed by atoms with E-state index < -0.39 is 0 Å². The third-order valence-corrected chi connectivity index (χ3v) is 4.39. The highest BCUT2D eigenvalue weighted by atomic mass is 16.5. The van der Waals surface area contributed by atoms with Gasteiger partial charge in [0, 0.05) is 26.4 Å². The van der Waals surface area contributed by atoms with Crippen molar-refractivity contribution in [3.8, 4) is 0 Å². The van der Waals surface area contributed by atoms with E-state index in [9.17, 15) is 4.79 Å². The van der Waals surface area contributed by atoms with Crippen molar-refractivity contribution in [1.29, 1.82) is 0 Å². The summed E-state index contributed by atoms with van der Waals surface area (Å²) in [6, 6.07) is 3.88. The first-order valence-corrected chi connectivity index (χ1v) is 8.02. The number of carbonyl (C=O) groups is 1. The van der Waals surface area contributed by atoms with Crippen LogP contribution in [-0.2, 0) is 16.0 Å². The summed E-state index contributed by atoms with van der Waals surface area (Å²) in [5.41, 5.74) is 0.994. The predicted octanol–water partition coefficient (Wildman–Crippen LogP) is 1.33. The van der Waals surface area contributed by atoms with E-state index in [0.717, 1.165) is 24.3 Å². The van der Waals surface area contributed by atoms with Crippen molar-refractivity contribution in [2.45, 2.75) is 31.9 Å². The molecular formula is C17H22N4O3. The molecule has 2 aromatic rings. The van der Waals surface area contributed by atoms with E-state index in [0.29, 0.717) is 12.3 Å². The number of nitrogens with zero attached hydrogens (tertiary/aromatic N) is 3. The molecule has 0 bridgehead atoms. The number of methoxy groups -OCH3 is 1.